The number of non-ortho nitro benzene ring substituents is 1. The molecule has 1 amide bonds. The molecular weight excluding hydrogens is 388 g/mol. The quantitative estimate of drug-likeness (QED) is 0.395. The Hall–Kier alpha value is -3.42. The van der Waals surface area contributed by atoms with Gasteiger partial charge in [-0.3, -0.25) is 10.1 Å². The largest absolute Gasteiger partial charge is 0.459 e. The van der Waals surface area contributed by atoms with E-state index in [1.807, 2.05) is 30.3 Å². The second kappa shape index (κ2) is 10.4. The summed E-state index contributed by atoms with van der Waals surface area (Å²) in [7, 11) is 0. The Morgan fingerprint density at radius 1 is 1.03 bits per heavy atom. The van der Waals surface area contributed by atoms with Gasteiger partial charge in [-0.15, -0.1) is 0 Å². The molecule has 8 nitrogen and oxygen atoms in total. The molecule has 0 bridgehead atoms. The highest BCUT2D eigenvalue weighted by atomic mass is 16.6. The Bertz CT molecular complexity index is 859. The summed E-state index contributed by atoms with van der Waals surface area (Å²) < 4.78 is 10.6. The molecule has 0 aromatic heterocycles. The Morgan fingerprint density at radius 2 is 1.67 bits per heavy atom. The number of rotatable bonds is 8. The lowest BCUT2D eigenvalue weighted by Gasteiger charge is -2.23. The average molecular weight is 414 g/mol. The number of nitrogens with one attached hydrogen (secondary N) is 1. The summed E-state index contributed by atoms with van der Waals surface area (Å²) in [6, 6.07) is 14.3. The standard InChI is InChI=1S/C22H26N2O6/c1-22(2,3)30-21(26)23-19(20(25)29-15-17-7-5-4-6-8-17)14-11-16-9-12-18(13-10-16)24(27)28/h4-10,12-13,19H,11,14-15H2,1-3H3,(H,23,26)/t19-/m0/s1. The monoisotopic (exact) mass is 414 g/mol. The van der Waals surface area contributed by atoms with E-state index in [1.165, 1.54) is 12.1 Å². The van der Waals surface area contributed by atoms with Crippen LogP contribution in [0, 0.1) is 10.1 Å². The Labute approximate surface area is 175 Å². The Morgan fingerprint density at radius 3 is 2.23 bits per heavy atom. The van der Waals surface area contributed by atoms with Gasteiger partial charge in [-0.1, -0.05) is 42.5 Å². The minimum Gasteiger partial charge on any atom is -0.459 e. The fraction of sp³-hybridized carbons (Fsp3) is 0.364. The van der Waals surface area contributed by atoms with Crippen molar-refractivity contribution in [1.82, 2.24) is 5.32 Å². The van der Waals surface area contributed by atoms with E-state index < -0.39 is 28.6 Å². The van der Waals surface area contributed by atoms with Gasteiger partial charge >= 0.3 is 12.1 Å². The molecular formula is C22H26N2O6. The summed E-state index contributed by atoms with van der Waals surface area (Å²) in [5.74, 6) is -0.577. The third-order valence-corrected chi connectivity index (χ3v) is 4.07. The minimum atomic E-state index is -0.918. The van der Waals surface area contributed by atoms with Gasteiger partial charge in [0.2, 0.25) is 0 Å². The molecule has 0 fully saturated rings. The maximum Gasteiger partial charge on any atom is 0.408 e. The number of alkyl carbamates (subject to hydrolysis) is 1. The van der Waals surface area contributed by atoms with Crippen LogP contribution in [0.1, 0.15) is 38.3 Å². The maximum atomic E-state index is 12.6. The van der Waals surface area contributed by atoms with Gasteiger partial charge in [0.15, 0.2) is 0 Å². The molecule has 2 rings (SSSR count). The van der Waals surface area contributed by atoms with Crippen molar-refractivity contribution in [3.63, 3.8) is 0 Å². The van der Waals surface area contributed by atoms with Crippen molar-refractivity contribution in [3.8, 4) is 0 Å². The van der Waals surface area contributed by atoms with E-state index in [0.717, 1.165) is 11.1 Å². The number of benzene rings is 2. The van der Waals surface area contributed by atoms with Crippen molar-refractivity contribution in [2.24, 2.45) is 0 Å². The van der Waals surface area contributed by atoms with Crippen molar-refractivity contribution < 1.29 is 24.0 Å². The SMILES string of the molecule is CC(C)(C)OC(=O)N[C@@H](CCc1ccc([N+](=O)[O-])cc1)C(=O)OCc1ccccc1. The van der Waals surface area contributed by atoms with Crippen LogP contribution >= 0.6 is 0 Å². The number of hydrogen-bond acceptors (Lipinski definition) is 6. The normalized spacial score (nSPS) is 12.0. The molecule has 0 spiro atoms. The van der Waals surface area contributed by atoms with Crippen molar-refractivity contribution in [2.75, 3.05) is 0 Å². The third-order valence-electron chi connectivity index (χ3n) is 4.07. The molecule has 0 unspecified atom stereocenters. The molecule has 30 heavy (non-hydrogen) atoms. The number of esters is 1. The molecule has 2 aromatic rings. The summed E-state index contributed by atoms with van der Waals surface area (Å²) in [6.45, 7) is 5.27. The second-order valence-electron chi connectivity index (χ2n) is 7.75. The van der Waals surface area contributed by atoms with Crippen LogP contribution < -0.4 is 5.32 Å². The van der Waals surface area contributed by atoms with E-state index in [1.54, 1.807) is 32.9 Å². The zero-order valence-corrected chi connectivity index (χ0v) is 17.3. The topological polar surface area (TPSA) is 108 Å². The summed E-state index contributed by atoms with van der Waals surface area (Å²) >= 11 is 0. The fourth-order valence-corrected chi connectivity index (χ4v) is 2.62. The second-order valence-corrected chi connectivity index (χ2v) is 7.75. The number of nitro benzene ring substituents is 1. The van der Waals surface area contributed by atoms with Crippen molar-refractivity contribution >= 4 is 17.7 Å². The van der Waals surface area contributed by atoms with Crippen LogP contribution in [0.4, 0.5) is 10.5 Å². The number of carbonyl (C=O) groups is 2. The summed E-state index contributed by atoms with van der Waals surface area (Å²) in [5.41, 5.74) is 0.912. The maximum absolute atomic E-state index is 12.6. The van der Waals surface area contributed by atoms with E-state index in [4.69, 9.17) is 9.47 Å². The van der Waals surface area contributed by atoms with Gasteiger partial charge in [-0.2, -0.15) is 0 Å². The number of ether oxygens (including phenoxy) is 2. The van der Waals surface area contributed by atoms with E-state index in [2.05, 4.69) is 5.32 Å². The lowest BCUT2D eigenvalue weighted by Crippen LogP contribution is -2.44. The molecule has 0 aliphatic rings. The van der Waals surface area contributed by atoms with Gasteiger partial charge in [-0.25, -0.2) is 9.59 Å². The zero-order valence-electron chi connectivity index (χ0n) is 17.3. The van der Waals surface area contributed by atoms with Crippen LogP contribution in [-0.4, -0.2) is 28.6 Å². The molecule has 2 aromatic carbocycles. The Balaban J connectivity index is 2.02. The van der Waals surface area contributed by atoms with Gasteiger partial charge in [0.05, 0.1) is 4.92 Å². The minimum absolute atomic E-state index is 0.00977. The molecule has 0 radical (unpaired) electrons. The molecule has 160 valence electrons. The van der Waals surface area contributed by atoms with E-state index in [9.17, 15) is 19.7 Å². The van der Waals surface area contributed by atoms with Crippen molar-refractivity contribution in [1.29, 1.82) is 0 Å². The van der Waals surface area contributed by atoms with Gasteiger partial charge in [0.25, 0.3) is 5.69 Å². The van der Waals surface area contributed by atoms with Gasteiger partial charge in [0, 0.05) is 12.1 Å². The smallest absolute Gasteiger partial charge is 0.408 e. The first-order chi connectivity index (χ1) is 14.1. The molecule has 0 saturated heterocycles. The molecule has 0 aliphatic heterocycles. The van der Waals surface area contributed by atoms with Crippen LogP contribution in [0.5, 0.6) is 0 Å². The van der Waals surface area contributed by atoms with E-state index in [-0.39, 0.29) is 18.7 Å². The number of nitrogens with zero attached hydrogens (tertiary/aromatic N) is 1. The highest BCUT2D eigenvalue weighted by Crippen LogP contribution is 2.15. The molecule has 1 atom stereocenters. The van der Waals surface area contributed by atoms with Crippen LogP contribution in [-0.2, 0) is 27.3 Å². The molecule has 0 saturated carbocycles. The van der Waals surface area contributed by atoms with Gasteiger partial charge in [-0.05, 0) is 44.7 Å². The van der Waals surface area contributed by atoms with Gasteiger partial charge in [0.1, 0.15) is 18.2 Å². The first-order valence-electron chi connectivity index (χ1n) is 9.57. The van der Waals surface area contributed by atoms with E-state index in [0.29, 0.717) is 6.42 Å². The number of carbonyl (C=O) groups excluding carboxylic acids is 2. The van der Waals surface area contributed by atoms with Crippen LogP contribution in [0.3, 0.4) is 0 Å². The summed E-state index contributed by atoms with van der Waals surface area (Å²) in [6.07, 6.45) is -0.0447. The van der Waals surface area contributed by atoms with Crippen molar-refractivity contribution in [3.05, 3.63) is 75.8 Å². The van der Waals surface area contributed by atoms with Crippen LogP contribution in [0.15, 0.2) is 54.6 Å². The molecule has 0 heterocycles. The zero-order chi connectivity index (χ0) is 22.1. The first-order valence-corrected chi connectivity index (χ1v) is 9.57. The lowest BCUT2D eigenvalue weighted by atomic mass is 10.0. The summed E-state index contributed by atoms with van der Waals surface area (Å²) in [4.78, 5) is 35.1. The predicted octanol–water partition coefficient (Wildman–Crippen LogP) is 4.16. The average Bonchev–Trinajstić information content (AvgIpc) is 2.69. The van der Waals surface area contributed by atoms with Gasteiger partial charge < -0.3 is 14.8 Å². The number of amides is 1. The van der Waals surface area contributed by atoms with E-state index >= 15 is 0 Å². The van der Waals surface area contributed by atoms with Crippen LogP contribution in [0.2, 0.25) is 0 Å². The lowest BCUT2D eigenvalue weighted by molar-refractivity contribution is -0.384. The molecule has 1 N–H and O–H groups in total. The molecule has 8 heteroatoms. The third kappa shape index (κ3) is 7.90. The highest BCUT2D eigenvalue weighted by Gasteiger charge is 2.25. The first kappa shape index (κ1) is 22.9. The summed E-state index contributed by atoms with van der Waals surface area (Å²) in [5, 5.41) is 13.3. The predicted molar refractivity (Wildman–Crippen MR) is 111 cm³/mol. The fourth-order valence-electron chi connectivity index (χ4n) is 2.62. The van der Waals surface area contributed by atoms with Crippen molar-refractivity contribution in [2.45, 2.75) is 51.9 Å². The Kier molecular flexibility index (Phi) is 7.91. The molecule has 0 aliphatic carbocycles. The highest BCUT2D eigenvalue weighted by molar-refractivity contribution is 5.81. The van der Waals surface area contributed by atoms with Crippen LogP contribution in [0.25, 0.3) is 0 Å². The number of hydrogen-bond donors (Lipinski definition) is 1. The number of nitro groups is 1. The number of aryl methyl sites for hydroxylation is 1.